The molecule has 0 fully saturated rings. The lowest BCUT2D eigenvalue weighted by Crippen LogP contribution is -1.96. The fraction of sp³-hybridized carbons (Fsp3) is 0.143. The zero-order valence-corrected chi connectivity index (χ0v) is 12.8. The first-order chi connectivity index (χ1) is 9.06. The van der Waals surface area contributed by atoms with Gasteiger partial charge < -0.3 is 4.57 Å². The van der Waals surface area contributed by atoms with Crippen molar-refractivity contribution in [1.29, 1.82) is 0 Å². The van der Waals surface area contributed by atoms with Gasteiger partial charge in [-0.15, -0.1) is 0 Å². The molecule has 0 atom stereocenters. The van der Waals surface area contributed by atoms with Crippen molar-refractivity contribution in [2.75, 3.05) is 0 Å². The first kappa shape index (κ1) is 12.6. The summed E-state index contributed by atoms with van der Waals surface area (Å²) < 4.78 is 2.97. The van der Waals surface area contributed by atoms with Crippen LogP contribution in [0.25, 0.3) is 22.3 Å². The van der Waals surface area contributed by atoms with E-state index < -0.39 is 0 Å². The highest BCUT2D eigenvalue weighted by Gasteiger charge is 2.14. The third kappa shape index (κ3) is 2.15. The monoisotopic (exact) mass is 335 g/mol. The Labute approximate surface area is 124 Å². The van der Waals surface area contributed by atoms with Crippen LogP contribution in [0.5, 0.6) is 0 Å². The average molecular weight is 337 g/mol. The van der Waals surface area contributed by atoms with Gasteiger partial charge in [0.25, 0.3) is 0 Å². The Hall–Kier alpha value is -1.39. The lowest BCUT2D eigenvalue weighted by atomic mass is 10.1. The van der Waals surface area contributed by atoms with Crippen molar-refractivity contribution >= 4 is 38.6 Å². The van der Waals surface area contributed by atoms with Crippen molar-refractivity contribution in [3.8, 4) is 11.3 Å². The number of aromatic nitrogens is 3. The van der Waals surface area contributed by atoms with Crippen LogP contribution in [0.1, 0.15) is 5.82 Å². The first-order valence-electron chi connectivity index (χ1n) is 5.81. The molecule has 0 spiro atoms. The molecule has 0 saturated heterocycles. The van der Waals surface area contributed by atoms with Gasteiger partial charge in [-0.05, 0) is 35.0 Å². The maximum absolute atomic E-state index is 6.07. The minimum absolute atomic E-state index is 0.703. The van der Waals surface area contributed by atoms with E-state index in [-0.39, 0.29) is 0 Å². The Bertz CT molecular complexity index is 780. The summed E-state index contributed by atoms with van der Waals surface area (Å²) >= 11 is 9.65. The zero-order chi connectivity index (χ0) is 13.6. The molecule has 96 valence electrons. The Balaban J connectivity index is 2.40. The summed E-state index contributed by atoms with van der Waals surface area (Å²) in [7, 11) is 1.97. The minimum Gasteiger partial charge on any atom is -0.334 e. The predicted molar refractivity (Wildman–Crippen MR) is 81.4 cm³/mol. The summed E-state index contributed by atoms with van der Waals surface area (Å²) in [5, 5.41) is 1.71. The highest BCUT2D eigenvalue weighted by Crippen LogP contribution is 2.33. The normalized spacial score (nSPS) is 11.2. The lowest BCUT2D eigenvalue weighted by Gasteiger charge is -2.06. The molecule has 0 bridgehead atoms. The third-order valence-electron chi connectivity index (χ3n) is 2.98. The zero-order valence-electron chi connectivity index (χ0n) is 10.5. The van der Waals surface area contributed by atoms with E-state index in [0.29, 0.717) is 5.02 Å². The van der Waals surface area contributed by atoms with Crippen LogP contribution in [0, 0.1) is 6.92 Å². The molecule has 3 nitrogen and oxygen atoms in total. The van der Waals surface area contributed by atoms with Crippen LogP contribution in [0.3, 0.4) is 0 Å². The highest BCUT2D eigenvalue weighted by molar-refractivity contribution is 9.10. The first-order valence-corrected chi connectivity index (χ1v) is 6.98. The van der Waals surface area contributed by atoms with Crippen LogP contribution >= 0.6 is 27.5 Å². The largest absolute Gasteiger partial charge is 0.334 e. The van der Waals surface area contributed by atoms with Gasteiger partial charge in [0.05, 0.1) is 11.1 Å². The summed E-state index contributed by atoms with van der Waals surface area (Å²) in [6, 6.07) is 7.71. The van der Waals surface area contributed by atoms with Gasteiger partial charge in [0, 0.05) is 28.3 Å². The SMILES string of the molecule is Cc1nc(-c2cccc(Cl)c2)c2c(Br)cn(C)c2n1. The standard InChI is InChI=1S/C14H11BrClN3/c1-8-17-13(9-4-3-5-10(16)6-9)12-11(15)7-19(2)14(12)18-8/h3-7H,1-2H3. The topological polar surface area (TPSA) is 30.7 Å². The molecule has 0 aliphatic rings. The van der Waals surface area contributed by atoms with E-state index in [0.717, 1.165) is 32.6 Å². The number of aryl methyl sites for hydroxylation is 2. The Morgan fingerprint density at radius 1 is 1.26 bits per heavy atom. The molecular formula is C14H11BrClN3. The van der Waals surface area contributed by atoms with Crippen molar-refractivity contribution < 1.29 is 0 Å². The maximum Gasteiger partial charge on any atom is 0.145 e. The molecule has 19 heavy (non-hydrogen) atoms. The molecule has 2 heterocycles. The molecule has 0 unspecified atom stereocenters. The molecule has 1 aromatic carbocycles. The molecule has 5 heteroatoms. The molecular weight excluding hydrogens is 326 g/mol. The van der Waals surface area contributed by atoms with E-state index in [2.05, 4.69) is 25.9 Å². The molecule has 0 amide bonds. The van der Waals surface area contributed by atoms with E-state index in [1.54, 1.807) is 0 Å². The summed E-state index contributed by atoms with van der Waals surface area (Å²) in [5.74, 6) is 0.746. The lowest BCUT2D eigenvalue weighted by molar-refractivity contribution is 0.931. The Morgan fingerprint density at radius 2 is 2.05 bits per heavy atom. The molecule has 2 aromatic heterocycles. The second-order valence-corrected chi connectivity index (χ2v) is 5.71. The second-order valence-electron chi connectivity index (χ2n) is 4.42. The van der Waals surface area contributed by atoms with Crippen molar-refractivity contribution in [2.45, 2.75) is 6.92 Å². The summed E-state index contributed by atoms with van der Waals surface area (Å²) in [5.41, 5.74) is 2.81. The van der Waals surface area contributed by atoms with Crippen LogP contribution in [-0.2, 0) is 7.05 Å². The summed E-state index contributed by atoms with van der Waals surface area (Å²) in [6.45, 7) is 1.90. The van der Waals surface area contributed by atoms with Gasteiger partial charge in [-0.1, -0.05) is 23.7 Å². The molecule has 0 radical (unpaired) electrons. The Morgan fingerprint density at radius 3 is 2.79 bits per heavy atom. The van der Waals surface area contributed by atoms with E-state index >= 15 is 0 Å². The fourth-order valence-electron chi connectivity index (χ4n) is 2.17. The van der Waals surface area contributed by atoms with Gasteiger partial charge in [-0.25, -0.2) is 9.97 Å². The molecule has 3 aromatic rings. The number of benzene rings is 1. The molecule has 3 rings (SSSR count). The van der Waals surface area contributed by atoms with E-state index in [1.807, 2.05) is 49.0 Å². The second kappa shape index (κ2) is 4.62. The number of nitrogens with zero attached hydrogens (tertiary/aromatic N) is 3. The maximum atomic E-state index is 6.07. The molecule has 0 aliphatic carbocycles. The van der Waals surface area contributed by atoms with Crippen molar-refractivity contribution in [2.24, 2.45) is 7.05 Å². The summed E-state index contributed by atoms with van der Waals surface area (Å²) in [4.78, 5) is 9.07. The smallest absolute Gasteiger partial charge is 0.145 e. The number of halogens is 2. The van der Waals surface area contributed by atoms with Crippen molar-refractivity contribution in [3.05, 3.63) is 45.8 Å². The fourth-order valence-corrected chi connectivity index (χ4v) is 3.04. The quantitative estimate of drug-likeness (QED) is 0.661. The van der Waals surface area contributed by atoms with Gasteiger partial charge in [-0.2, -0.15) is 0 Å². The average Bonchev–Trinajstić information content (AvgIpc) is 2.64. The van der Waals surface area contributed by atoms with Gasteiger partial charge in [0.15, 0.2) is 0 Å². The van der Waals surface area contributed by atoms with Gasteiger partial charge in [-0.3, -0.25) is 0 Å². The van der Waals surface area contributed by atoms with Gasteiger partial charge in [0.2, 0.25) is 0 Å². The van der Waals surface area contributed by atoms with Crippen LogP contribution in [-0.4, -0.2) is 14.5 Å². The van der Waals surface area contributed by atoms with Crippen LogP contribution in [0.15, 0.2) is 34.9 Å². The number of fused-ring (bicyclic) bond motifs is 1. The van der Waals surface area contributed by atoms with Crippen LogP contribution in [0.2, 0.25) is 5.02 Å². The van der Waals surface area contributed by atoms with Crippen LogP contribution < -0.4 is 0 Å². The van der Waals surface area contributed by atoms with E-state index in [9.17, 15) is 0 Å². The number of hydrogen-bond donors (Lipinski definition) is 0. The predicted octanol–water partition coefficient (Wildman–Crippen LogP) is 4.36. The van der Waals surface area contributed by atoms with Crippen LogP contribution in [0.4, 0.5) is 0 Å². The number of hydrogen-bond acceptors (Lipinski definition) is 2. The van der Waals surface area contributed by atoms with Crippen molar-refractivity contribution in [1.82, 2.24) is 14.5 Å². The van der Waals surface area contributed by atoms with Crippen molar-refractivity contribution in [3.63, 3.8) is 0 Å². The Kier molecular flexibility index (Phi) is 3.07. The molecule has 0 N–H and O–H groups in total. The van der Waals surface area contributed by atoms with Gasteiger partial charge in [0.1, 0.15) is 11.5 Å². The minimum atomic E-state index is 0.703. The summed E-state index contributed by atoms with van der Waals surface area (Å²) in [6.07, 6.45) is 1.99. The highest BCUT2D eigenvalue weighted by atomic mass is 79.9. The number of rotatable bonds is 1. The van der Waals surface area contributed by atoms with E-state index in [4.69, 9.17) is 11.6 Å². The van der Waals surface area contributed by atoms with E-state index in [1.165, 1.54) is 0 Å². The molecule has 0 saturated carbocycles. The molecule has 0 aliphatic heterocycles. The van der Waals surface area contributed by atoms with Gasteiger partial charge >= 0.3 is 0 Å². The third-order valence-corrected chi connectivity index (χ3v) is 3.82.